The summed E-state index contributed by atoms with van der Waals surface area (Å²) in [7, 11) is 0. The van der Waals surface area contributed by atoms with Crippen molar-refractivity contribution in [2.24, 2.45) is 5.41 Å². The number of hydrogen-bond acceptors (Lipinski definition) is 2. The van der Waals surface area contributed by atoms with Gasteiger partial charge in [0.05, 0.1) is 11.6 Å². The number of halogens is 2. The van der Waals surface area contributed by atoms with Crippen molar-refractivity contribution >= 4 is 17.5 Å². The van der Waals surface area contributed by atoms with Crippen molar-refractivity contribution in [1.29, 1.82) is 0 Å². The minimum absolute atomic E-state index is 0.0171. The molecule has 100 valence electrons. The first-order valence-electron chi connectivity index (χ1n) is 5.72. The molecule has 0 aliphatic heterocycles. The lowest BCUT2D eigenvalue weighted by atomic mass is 9.89. The Morgan fingerprint density at radius 2 is 2.11 bits per heavy atom. The molecule has 0 unspecified atom stereocenters. The average Bonchev–Trinajstić information content (AvgIpc) is 2.32. The smallest absolute Gasteiger partial charge is 0.251 e. The highest BCUT2D eigenvalue weighted by atomic mass is 35.5. The zero-order valence-corrected chi connectivity index (χ0v) is 11.5. The van der Waals surface area contributed by atoms with Crippen LogP contribution in [0.1, 0.15) is 32.8 Å². The summed E-state index contributed by atoms with van der Waals surface area (Å²) < 4.78 is 13.2. The molecule has 1 rings (SSSR count). The Hall–Kier alpha value is -1.13. The number of hydroxylamine groups is 2. The zero-order chi connectivity index (χ0) is 13.9. The van der Waals surface area contributed by atoms with E-state index >= 15 is 0 Å². The molecule has 0 radical (unpaired) electrons. The Morgan fingerprint density at radius 3 is 2.61 bits per heavy atom. The van der Waals surface area contributed by atoms with Crippen molar-refractivity contribution < 1.29 is 14.4 Å². The van der Waals surface area contributed by atoms with Crippen LogP contribution >= 0.6 is 11.6 Å². The Bertz CT molecular complexity index is 449. The second-order valence-corrected chi connectivity index (χ2v) is 5.26. The summed E-state index contributed by atoms with van der Waals surface area (Å²) in [5.41, 5.74) is -0.153. The van der Waals surface area contributed by atoms with Crippen molar-refractivity contribution in [2.75, 3.05) is 0 Å². The molecule has 0 aliphatic rings. The summed E-state index contributed by atoms with van der Waals surface area (Å²) in [4.78, 5) is 11.9. The van der Waals surface area contributed by atoms with Crippen LogP contribution in [-0.2, 0) is 11.3 Å². The van der Waals surface area contributed by atoms with E-state index in [2.05, 4.69) is 0 Å². The quantitative estimate of drug-likeness (QED) is 0.672. The average molecular weight is 274 g/mol. The molecule has 0 atom stereocenters. The first-order chi connectivity index (χ1) is 8.27. The van der Waals surface area contributed by atoms with E-state index in [4.69, 9.17) is 11.6 Å². The van der Waals surface area contributed by atoms with Gasteiger partial charge in [-0.3, -0.25) is 10.0 Å². The first kappa shape index (κ1) is 14.9. The number of rotatable bonds is 4. The molecular formula is C13H17ClFNO2. The van der Waals surface area contributed by atoms with Crippen LogP contribution in [0.25, 0.3) is 0 Å². The zero-order valence-electron chi connectivity index (χ0n) is 10.7. The fourth-order valence-corrected chi connectivity index (χ4v) is 1.50. The molecule has 0 fully saturated rings. The molecule has 1 aromatic rings. The van der Waals surface area contributed by atoms with Gasteiger partial charge in [0.1, 0.15) is 5.82 Å². The second-order valence-electron chi connectivity index (χ2n) is 4.85. The Kier molecular flexibility index (Phi) is 4.71. The standard InChI is InChI=1S/C13H17ClFNO2/c1-4-13(2,3)12(17)16(18)8-9-5-6-10(14)11(15)7-9/h5-7,18H,4,8H2,1-3H3. The normalized spacial score (nSPS) is 11.4. The highest BCUT2D eigenvalue weighted by Crippen LogP contribution is 2.23. The number of hydrogen-bond donors (Lipinski definition) is 1. The van der Waals surface area contributed by atoms with E-state index < -0.39 is 11.2 Å². The van der Waals surface area contributed by atoms with Gasteiger partial charge >= 0.3 is 0 Å². The SMILES string of the molecule is CCC(C)(C)C(=O)N(O)Cc1ccc(Cl)c(F)c1. The second kappa shape index (κ2) is 5.67. The van der Waals surface area contributed by atoms with Crippen molar-refractivity contribution in [3.05, 3.63) is 34.6 Å². The number of nitrogens with zero attached hydrogens (tertiary/aromatic N) is 1. The van der Waals surface area contributed by atoms with Gasteiger partial charge in [-0.15, -0.1) is 0 Å². The third kappa shape index (κ3) is 3.43. The van der Waals surface area contributed by atoms with Gasteiger partial charge in [0.2, 0.25) is 0 Å². The molecule has 0 spiro atoms. The van der Waals surface area contributed by atoms with E-state index in [1.165, 1.54) is 12.1 Å². The molecule has 1 aromatic carbocycles. The summed E-state index contributed by atoms with van der Waals surface area (Å²) in [5, 5.41) is 10.4. The van der Waals surface area contributed by atoms with Crippen LogP contribution in [0.2, 0.25) is 5.02 Å². The highest BCUT2D eigenvalue weighted by molar-refractivity contribution is 6.30. The molecule has 0 bridgehead atoms. The Labute approximate surface area is 111 Å². The topological polar surface area (TPSA) is 40.5 Å². The van der Waals surface area contributed by atoms with Gasteiger partial charge in [0, 0.05) is 5.41 Å². The van der Waals surface area contributed by atoms with Gasteiger partial charge in [-0.2, -0.15) is 0 Å². The lowest BCUT2D eigenvalue weighted by Gasteiger charge is -2.26. The summed E-state index contributed by atoms with van der Waals surface area (Å²) in [6, 6.07) is 4.17. The fourth-order valence-electron chi connectivity index (χ4n) is 1.38. The first-order valence-corrected chi connectivity index (χ1v) is 6.10. The summed E-state index contributed by atoms with van der Waals surface area (Å²) in [6.45, 7) is 5.31. The lowest BCUT2D eigenvalue weighted by Crippen LogP contribution is -2.38. The van der Waals surface area contributed by atoms with Crippen molar-refractivity contribution in [3.63, 3.8) is 0 Å². The number of carbonyl (C=O) groups is 1. The Balaban J connectivity index is 2.78. The van der Waals surface area contributed by atoms with E-state index in [1.807, 2.05) is 6.92 Å². The molecule has 5 heteroatoms. The number of carbonyl (C=O) groups excluding carboxylic acids is 1. The van der Waals surface area contributed by atoms with Crippen LogP contribution in [0.4, 0.5) is 4.39 Å². The maximum atomic E-state index is 13.2. The van der Waals surface area contributed by atoms with Gasteiger partial charge in [-0.1, -0.05) is 38.4 Å². The summed E-state index contributed by atoms with van der Waals surface area (Å²) in [6.07, 6.45) is 0.609. The number of amides is 1. The third-order valence-corrected chi connectivity index (χ3v) is 3.32. The molecule has 1 N–H and O–H groups in total. The lowest BCUT2D eigenvalue weighted by molar-refractivity contribution is -0.178. The molecule has 0 aliphatic carbocycles. The van der Waals surface area contributed by atoms with Crippen LogP contribution in [0.15, 0.2) is 18.2 Å². The monoisotopic (exact) mass is 273 g/mol. The van der Waals surface area contributed by atoms with Crippen LogP contribution in [0.5, 0.6) is 0 Å². The van der Waals surface area contributed by atoms with Crippen molar-refractivity contribution in [3.8, 4) is 0 Å². The van der Waals surface area contributed by atoms with E-state index in [0.29, 0.717) is 17.0 Å². The van der Waals surface area contributed by atoms with E-state index in [1.54, 1.807) is 19.9 Å². The number of benzene rings is 1. The van der Waals surface area contributed by atoms with Gasteiger partial charge < -0.3 is 0 Å². The maximum Gasteiger partial charge on any atom is 0.251 e. The molecule has 0 saturated carbocycles. The minimum atomic E-state index is -0.639. The van der Waals surface area contributed by atoms with E-state index in [-0.39, 0.29) is 17.5 Å². The van der Waals surface area contributed by atoms with Crippen molar-refractivity contribution in [1.82, 2.24) is 5.06 Å². The maximum absolute atomic E-state index is 13.2. The molecular weight excluding hydrogens is 257 g/mol. The molecule has 0 aromatic heterocycles. The van der Waals surface area contributed by atoms with Crippen LogP contribution in [-0.4, -0.2) is 16.2 Å². The van der Waals surface area contributed by atoms with E-state index in [9.17, 15) is 14.4 Å². The largest absolute Gasteiger partial charge is 0.286 e. The van der Waals surface area contributed by atoms with Crippen LogP contribution in [0, 0.1) is 11.2 Å². The fraction of sp³-hybridized carbons (Fsp3) is 0.462. The van der Waals surface area contributed by atoms with Gasteiger partial charge in [-0.05, 0) is 24.1 Å². The molecule has 0 heterocycles. The highest BCUT2D eigenvalue weighted by Gasteiger charge is 2.29. The van der Waals surface area contributed by atoms with Crippen molar-refractivity contribution in [2.45, 2.75) is 33.7 Å². The predicted molar refractivity (Wildman–Crippen MR) is 67.8 cm³/mol. The summed E-state index contributed by atoms with van der Waals surface area (Å²) in [5.74, 6) is -0.954. The molecule has 18 heavy (non-hydrogen) atoms. The van der Waals surface area contributed by atoms with Gasteiger partial charge in [0.15, 0.2) is 0 Å². The third-order valence-electron chi connectivity index (χ3n) is 3.01. The summed E-state index contributed by atoms with van der Waals surface area (Å²) >= 11 is 5.56. The van der Waals surface area contributed by atoms with Gasteiger partial charge in [-0.25, -0.2) is 9.45 Å². The molecule has 1 amide bonds. The van der Waals surface area contributed by atoms with Crippen LogP contribution < -0.4 is 0 Å². The van der Waals surface area contributed by atoms with Crippen LogP contribution in [0.3, 0.4) is 0 Å². The predicted octanol–water partition coefficient (Wildman–Crippen LogP) is 3.63. The molecule has 3 nitrogen and oxygen atoms in total. The van der Waals surface area contributed by atoms with E-state index in [0.717, 1.165) is 0 Å². The van der Waals surface area contributed by atoms with Gasteiger partial charge in [0.25, 0.3) is 5.91 Å². The minimum Gasteiger partial charge on any atom is -0.286 e. The molecule has 0 saturated heterocycles. The Morgan fingerprint density at radius 1 is 1.50 bits per heavy atom.